The maximum Gasteiger partial charge on any atom is 0.339 e. The molecule has 0 saturated heterocycles. The summed E-state index contributed by atoms with van der Waals surface area (Å²) in [5, 5.41) is 40.7. The third-order valence-electron chi connectivity index (χ3n) is 4.22. The molecule has 0 amide bonds. The van der Waals surface area contributed by atoms with Crippen LogP contribution in [0.1, 0.15) is 11.5 Å². The summed E-state index contributed by atoms with van der Waals surface area (Å²) in [5.74, 6) is -7.21. The number of hydrogen-bond acceptors (Lipinski definition) is 8. The maximum atomic E-state index is 12.4. The van der Waals surface area contributed by atoms with Crippen LogP contribution in [0.5, 0.6) is 0 Å². The summed E-state index contributed by atoms with van der Waals surface area (Å²) in [6.07, 6.45) is 0. The smallest absolute Gasteiger partial charge is 0.339 e. The summed E-state index contributed by atoms with van der Waals surface area (Å²) in [4.78, 5) is 24.5. The monoisotopic (exact) mass is 376 g/mol. The van der Waals surface area contributed by atoms with Gasteiger partial charge in [0.05, 0.1) is 37.8 Å². The lowest BCUT2D eigenvalue weighted by Gasteiger charge is -2.32. The second kappa shape index (κ2) is 6.77. The molecule has 8 nitrogen and oxygen atoms in total. The third kappa shape index (κ3) is 2.52. The van der Waals surface area contributed by atoms with E-state index in [9.17, 15) is 30.3 Å². The second-order valence-electron chi connectivity index (χ2n) is 5.46. The Labute approximate surface area is 153 Å². The minimum Gasteiger partial charge on any atom is -0.466 e. The van der Waals surface area contributed by atoms with E-state index in [0.29, 0.717) is 0 Å². The van der Waals surface area contributed by atoms with Crippen LogP contribution in [0, 0.1) is 28.1 Å². The number of esters is 2. The zero-order valence-corrected chi connectivity index (χ0v) is 14.4. The van der Waals surface area contributed by atoms with Gasteiger partial charge in [-0.05, 0) is 17.7 Å². The van der Waals surface area contributed by atoms with Crippen LogP contribution in [0.3, 0.4) is 0 Å². The Morgan fingerprint density at radius 3 is 2.19 bits per heavy atom. The van der Waals surface area contributed by atoms with Crippen molar-refractivity contribution in [1.82, 2.24) is 0 Å². The van der Waals surface area contributed by atoms with Crippen LogP contribution >= 0.6 is 11.6 Å². The molecule has 0 saturated carbocycles. The normalized spacial score (nSPS) is 20.0. The van der Waals surface area contributed by atoms with Crippen LogP contribution in [0.2, 0.25) is 5.02 Å². The van der Waals surface area contributed by atoms with E-state index >= 15 is 0 Å². The average Bonchev–Trinajstić information content (AvgIpc) is 2.84. The molecule has 1 atom stereocenters. The van der Waals surface area contributed by atoms with Crippen LogP contribution in [0.25, 0.3) is 0 Å². The van der Waals surface area contributed by atoms with Crippen LogP contribution in [-0.2, 0) is 19.1 Å². The van der Waals surface area contributed by atoms with Gasteiger partial charge in [-0.1, -0.05) is 23.7 Å². The predicted molar refractivity (Wildman–Crippen MR) is 86.1 cm³/mol. The van der Waals surface area contributed by atoms with E-state index in [-0.39, 0.29) is 10.6 Å². The minimum atomic E-state index is -3.29. The van der Waals surface area contributed by atoms with Crippen LogP contribution < -0.4 is 0 Å². The Morgan fingerprint density at radius 1 is 1.15 bits per heavy atom. The number of nitrogens with zero attached hydrogens (tertiary/aromatic N) is 2. The molecule has 0 heterocycles. The molecule has 2 rings (SSSR count). The topological polar surface area (TPSA) is 141 Å². The lowest BCUT2D eigenvalue weighted by atomic mass is 9.71. The number of benzene rings is 1. The highest BCUT2D eigenvalue weighted by Crippen LogP contribution is 2.57. The van der Waals surface area contributed by atoms with E-state index in [1.807, 2.05) is 0 Å². The molecule has 0 radical (unpaired) electrons. The van der Waals surface area contributed by atoms with Gasteiger partial charge in [-0.3, -0.25) is 0 Å². The van der Waals surface area contributed by atoms with Gasteiger partial charge >= 0.3 is 11.9 Å². The summed E-state index contributed by atoms with van der Waals surface area (Å²) < 4.78 is 9.15. The molecule has 26 heavy (non-hydrogen) atoms. The number of aliphatic hydroxyl groups is 2. The number of ether oxygens (including phenoxy) is 2. The molecular formula is C17H13ClN2O6. The average molecular weight is 377 g/mol. The lowest BCUT2D eigenvalue weighted by molar-refractivity contribution is -0.181. The van der Waals surface area contributed by atoms with Crippen molar-refractivity contribution in [2.24, 2.45) is 5.41 Å². The van der Waals surface area contributed by atoms with Crippen molar-refractivity contribution in [3.8, 4) is 12.1 Å². The van der Waals surface area contributed by atoms with E-state index in [4.69, 9.17) is 11.6 Å². The number of rotatable bonds is 3. The molecule has 9 heteroatoms. The number of halogens is 1. The van der Waals surface area contributed by atoms with Gasteiger partial charge in [0.15, 0.2) is 0 Å². The number of hydrogen-bond donors (Lipinski definition) is 2. The van der Waals surface area contributed by atoms with Crippen LogP contribution in [0.15, 0.2) is 35.4 Å². The van der Waals surface area contributed by atoms with E-state index in [0.717, 1.165) is 14.2 Å². The predicted octanol–water partition coefficient (Wildman–Crippen LogP) is 0.794. The number of carbonyl (C=O) groups is 2. The van der Waals surface area contributed by atoms with E-state index in [1.165, 1.54) is 24.3 Å². The fourth-order valence-corrected chi connectivity index (χ4v) is 3.24. The Hall–Kier alpha value is -2.91. The standard InChI is InChI=1S/C17H13ClN2O6/c1-25-14(21)11-12(9-4-3-5-10(18)6-9)16(7-19,8-20)17(23,24)13(11)15(22)26-2/h3-6,12,23-24H,1-2H3. The third-order valence-corrected chi connectivity index (χ3v) is 4.45. The van der Waals surface area contributed by atoms with Gasteiger partial charge in [0.2, 0.25) is 11.2 Å². The fourth-order valence-electron chi connectivity index (χ4n) is 3.04. The largest absolute Gasteiger partial charge is 0.466 e. The second-order valence-corrected chi connectivity index (χ2v) is 5.90. The first-order valence-electron chi connectivity index (χ1n) is 7.15. The molecule has 1 unspecified atom stereocenters. The van der Waals surface area contributed by atoms with E-state index < -0.39 is 40.2 Å². The molecule has 1 aromatic rings. The zero-order chi connectivity index (χ0) is 19.7. The van der Waals surface area contributed by atoms with Gasteiger partial charge in [-0.15, -0.1) is 0 Å². The van der Waals surface area contributed by atoms with Gasteiger partial charge in [-0.2, -0.15) is 10.5 Å². The highest BCUT2D eigenvalue weighted by atomic mass is 35.5. The van der Waals surface area contributed by atoms with Crippen molar-refractivity contribution in [1.29, 1.82) is 10.5 Å². The summed E-state index contributed by atoms with van der Waals surface area (Å²) in [5.41, 5.74) is -3.97. The van der Waals surface area contributed by atoms with E-state index in [1.54, 1.807) is 12.1 Å². The number of nitriles is 2. The maximum absolute atomic E-state index is 12.4. The van der Waals surface area contributed by atoms with Gasteiger partial charge in [0, 0.05) is 5.02 Å². The van der Waals surface area contributed by atoms with Crippen LogP contribution in [-0.4, -0.2) is 42.2 Å². The molecule has 0 spiro atoms. The Balaban J connectivity index is 2.97. The molecule has 0 bridgehead atoms. The first kappa shape index (κ1) is 19.4. The molecule has 1 aromatic carbocycles. The number of carbonyl (C=O) groups excluding carboxylic acids is 2. The fraction of sp³-hybridized carbons (Fsp3) is 0.294. The number of methoxy groups -OCH3 is 2. The Kier molecular flexibility index (Phi) is 5.06. The van der Waals surface area contributed by atoms with E-state index in [2.05, 4.69) is 9.47 Å². The first-order chi connectivity index (χ1) is 12.2. The summed E-state index contributed by atoms with van der Waals surface area (Å²) in [6, 6.07) is 8.85. The van der Waals surface area contributed by atoms with Crippen molar-refractivity contribution in [2.45, 2.75) is 11.7 Å². The SMILES string of the molecule is COC(=O)C1=C(C(=O)OC)C(O)(O)C(C#N)(C#N)C1c1cccc(Cl)c1. The minimum absolute atomic E-state index is 0.146. The van der Waals surface area contributed by atoms with Gasteiger partial charge in [0.1, 0.15) is 5.57 Å². The molecular weight excluding hydrogens is 364 g/mol. The van der Waals surface area contributed by atoms with Crippen molar-refractivity contribution in [2.75, 3.05) is 14.2 Å². The molecule has 0 aromatic heterocycles. The quantitative estimate of drug-likeness (QED) is 0.582. The van der Waals surface area contributed by atoms with Crippen molar-refractivity contribution >= 4 is 23.5 Å². The Bertz CT molecular complexity index is 879. The summed E-state index contributed by atoms with van der Waals surface area (Å²) in [7, 11) is 1.96. The molecule has 1 aliphatic carbocycles. The van der Waals surface area contributed by atoms with Gasteiger partial charge in [-0.25, -0.2) is 9.59 Å². The highest BCUT2D eigenvalue weighted by molar-refractivity contribution is 6.30. The first-order valence-corrected chi connectivity index (χ1v) is 7.53. The van der Waals surface area contributed by atoms with Crippen LogP contribution in [0.4, 0.5) is 0 Å². The molecule has 134 valence electrons. The molecule has 0 fully saturated rings. The van der Waals surface area contributed by atoms with Crippen molar-refractivity contribution in [3.63, 3.8) is 0 Å². The van der Waals surface area contributed by atoms with Gasteiger partial charge < -0.3 is 19.7 Å². The summed E-state index contributed by atoms with van der Waals surface area (Å²) in [6.45, 7) is 0. The molecule has 2 N–H and O–H groups in total. The van der Waals surface area contributed by atoms with Crippen molar-refractivity contribution in [3.05, 3.63) is 46.0 Å². The zero-order valence-electron chi connectivity index (χ0n) is 13.7. The molecule has 0 aliphatic heterocycles. The lowest BCUT2D eigenvalue weighted by Crippen LogP contribution is -2.48. The Morgan fingerprint density at radius 2 is 1.73 bits per heavy atom. The molecule has 1 aliphatic rings. The van der Waals surface area contributed by atoms with Gasteiger partial charge in [0.25, 0.3) is 0 Å². The highest BCUT2D eigenvalue weighted by Gasteiger charge is 2.69. The summed E-state index contributed by atoms with van der Waals surface area (Å²) >= 11 is 5.95. The van der Waals surface area contributed by atoms with Crippen molar-refractivity contribution < 1.29 is 29.3 Å².